The van der Waals surface area contributed by atoms with Crippen molar-refractivity contribution in [3.63, 3.8) is 0 Å². The average molecular weight is 433 g/mol. The molecule has 0 amide bonds. The van der Waals surface area contributed by atoms with Crippen LogP contribution in [-0.2, 0) is 19.3 Å². The molecule has 0 saturated carbocycles. The van der Waals surface area contributed by atoms with Gasteiger partial charge in [-0.05, 0) is 86.1 Å². The van der Waals surface area contributed by atoms with Crippen LogP contribution >= 0.6 is 0 Å². The quantitative estimate of drug-likeness (QED) is 0.373. The maximum absolute atomic E-state index is 5.04. The molecule has 2 aromatic carbocycles. The summed E-state index contributed by atoms with van der Waals surface area (Å²) in [6.45, 7) is 20.1. The molecule has 2 nitrogen and oxygen atoms in total. The number of para-hydroxylation sites is 2. The van der Waals surface area contributed by atoms with E-state index in [9.17, 15) is 0 Å². The van der Waals surface area contributed by atoms with E-state index in [0.717, 1.165) is 36.4 Å². The molecule has 0 atom stereocenters. The van der Waals surface area contributed by atoms with Crippen LogP contribution in [0.15, 0.2) is 53.2 Å². The molecule has 2 aromatic rings. The lowest BCUT2D eigenvalue weighted by Crippen LogP contribution is -2.08. The second kappa shape index (κ2) is 12.0. The monoisotopic (exact) mass is 432 g/mol. The third-order valence-electron chi connectivity index (χ3n) is 5.48. The normalized spacial score (nSPS) is 12.9. The number of aryl methyl sites for hydroxylation is 1. The number of hydrogen-bond acceptors (Lipinski definition) is 2. The highest BCUT2D eigenvalue weighted by atomic mass is 14.9. The summed E-state index contributed by atoms with van der Waals surface area (Å²) in [5.41, 5.74) is 9.95. The Morgan fingerprint density at radius 1 is 0.781 bits per heavy atom. The second-order valence-corrected chi connectivity index (χ2v) is 10.5. The Morgan fingerprint density at radius 3 is 1.78 bits per heavy atom. The molecule has 174 valence electrons. The second-order valence-electron chi connectivity index (χ2n) is 10.5. The molecule has 0 saturated heterocycles. The molecule has 2 heteroatoms. The Morgan fingerprint density at radius 2 is 1.25 bits per heavy atom. The molecule has 0 aromatic heterocycles. The van der Waals surface area contributed by atoms with Crippen LogP contribution < -0.4 is 5.32 Å². The summed E-state index contributed by atoms with van der Waals surface area (Å²) in [5.74, 6) is 1.86. The minimum atomic E-state index is 0.613. The maximum Gasteiger partial charge on any atom is 0.0694 e. The van der Waals surface area contributed by atoms with E-state index in [-0.39, 0.29) is 0 Å². The highest BCUT2D eigenvalue weighted by Gasteiger charge is 2.12. The Hall–Kier alpha value is -2.35. The van der Waals surface area contributed by atoms with Crippen LogP contribution in [0.5, 0.6) is 0 Å². The van der Waals surface area contributed by atoms with Gasteiger partial charge in [-0.15, -0.1) is 0 Å². The fourth-order valence-electron chi connectivity index (χ4n) is 4.27. The Kier molecular flexibility index (Phi) is 9.75. The van der Waals surface area contributed by atoms with Crippen LogP contribution in [0.1, 0.15) is 77.6 Å². The Labute approximate surface area is 197 Å². The van der Waals surface area contributed by atoms with E-state index in [1.54, 1.807) is 0 Å². The van der Waals surface area contributed by atoms with Gasteiger partial charge in [0.15, 0.2) is 0 Å². The topological polar surface area (TPSA) is 24.4 Å². The molecule has 0 unspecified atom stereocenters. The number of nitrogens with one attached hydrogen (secondary N) is 1. The lowest BCUT2D eigenvalue weighted by Gasteiger charge is -2.19. The van der Waals surface area contributed by atoms with E-state index in [4.69, 9.17) is 4.99 Å². The predicted molar refractivity (Wildman–Crippen MR) is 143 cm³/mol. The molecule has 1 N–H and O–H groups in total. The number of rotatable bonds is 10. The first-order chi connectivity index (χ1) is 15.1. The smallest absolute Gasteiger partial charge is 0.0694 e. The van der Waals surface area contributed by atoms with E-state index in [2.05, 4.69) is 110 Å². The van der Waals surface area contributed by atoms with Crippen molar-refractivity contribution < 1.29 is 0 Å². The summed E-state index contributed by atoms with van der Waals surface area (Å²) in [5, 5.41) is 3.75. The van der Waals surface area contributed by atoms with Crippen molar-refractivity contribution in [1.82, 2.24) is 0 Å². The molecule has 0 aliphatic rings. The zero-order valence-electron chi connectivity index (χ0n) is 21.8. The van der Waals surface area contributed by atoms with Crippen LogP contribution in [-0.4, -0.2) is 5.71 Å². The van der Waals surface area contributed by atoms with Gasteiger partial charge < -0.3 is 5.32 Å². The maximum atomic E-state index is 5.04. The van der Waals surface area contributed by atoms with Crippen LogP contribution in [0.2, 0.25) is 0 Å². The van der Waals surface area contributed by atoms with Gasteiger partial charge in [0.25, 0.3) is 0 Å². The lowest BCUT2D eigenvalue weighted by atomic mass is 9.94. The molecule has 0 heterocycles. The molecule has 0 spiro atoms. The summed E-state index contributed by atoms with van der Waals surface area (Å²) in [4.78, 5) is 5.04. The van der Waals surface area contributed by atoms with Gasteiger partial charge in [0.1, 0.15) is 0 Å². The molecule has 32 heavy (non-hydrogen) atoms. The van der Waals surface area contributed by atoms with E-state index in [1.165, 1.54) is 27.9 Å². The first kappa shape index (κ1) is 25.9. The highest BCUT2D eigenvalue weighted by Crippen LogP contribution is 2.29. The van der Waals surface area contributed by atoms with E-state index in [1.807, 2.05) is 0 Å². The Balaban J connectivity index is 2.37. The molecule has 0 aliphatic carbocycles. The highest BCUT2D eigenvalue weighted by molar-refractivity contribution is 5.96. The predicted octanol–water partition coefficient (Wildman–Crippen LogP) is 8.70. The number of benzene rings is 2. The summed E-state index contributed by atoms with van der Waals surface area (Å²) in [6.07, 6.45) is 5.39. The molecular weight excluding hydrogens is 388 g/mol. The van der Waals surface area contributed by atoms with Crippen molar-refractivity contribution in [2.45, 2.75) is 81.6 Å². The molecule has 0 aliphatic heterocycles. The third kappa shape index (κ3) is 7.97. The minimum Gasteiger partial charge on any atom is -0.359 e. The first-order valence-corrected chi connectivity index (χ1v) is 12.3. The summed E-state index contributed by atoms with van der Waals surface area (Å²) < 4.78 is 0. The van der Waals surface area contributed by atoms with Crippen LogP contribution in [0.4, 0.5) is 11.4 Å². The largest absolute Gasteiger partial charge is 0.359 e. The van der Waals surface area contributed by atoms with Crippen molar-refractivity contribution in [1.29, 1.82) is 0 Å². The van der Waals surface area contributed by atoms with Crippen LogP contribution in [0.3, 0.4) is 0 Å². The molecule has 0 radical (unpaired) electrons. The van der Waals surface area contributed by atoms with Crippen LogP contribution in [0, 0.1) is 24.7 Å². The summed E-state index contributed by atoms with van der Waals surface area (Å²) in [6, 6.07) is 13.3. The zero-order chi connectivity index (χ0) is 23.8. The van der Waals surface area contributed by atoms with Gasteiger partial charge in [0.05, 0.1) is 5.69 Å². The van der Waals surface area contributed by atoms with E-state index in [0.29, 0.717) is 17.8 Å². The SMILES string of the molecule is C/C(=C/C(C)=N/c1c(C)cccc1CC(C)C)Nc1c(CC(C)C)cccc1CC(C)C. The van der Waals surface area contributed by atoms with Crippen molar-refractivity contribution in [2.24, 2.45) is 22.7 Å². The van der Waals surface area contributed by atoms with Crippen molar-refractivity contribution in [3.8, 4) is 0 Å². The molecule has 2 rings (SSSR count). The average Bonchev–Trinajstić information content (AvgIpc) is 2.65. The standard InChI is InChI=1S/C30H44N2/c1-20(2)16-26-13-10-12-23(7)29(26)31-24(8)19-25(9)32-30-27(17-21(3)4)14-11-15-28(30)18-22(5)6/h10-15,19-22,32H,16-18H2,1-9H3/b25-19-,31-24+. The number of nitrogens with zero attached hydrogens (tertiary/aromatic N) is 1. The Bertz CT molecular complexity index is 917. The van der Waals surface area contributed by atoms with Gasteiger partial charge in [-0.1, -0.05) is 77.9 Å². The van der Waals surface area contributed by atoms with Gasteiger partial charge >= 0.3 is 0 Å². The number of allylic oxidation sites excluding steroid dienone is 2. The molecule has 0 fully saturated rings. The fourth-order valence-corrected chi connectivity index (χ4v) is 4.27. The van der Waals surface area contributed by atoms with E-state index < -0.39 is 0 Å². The van der Waals surface area contributed by atoms with Crippen molar-refractivity contribution in [3.05, 3.63) is 70.4 Å². The van der Waals surface area contributed by atoms with Crippen molar-refractivity contribution in [2.75, 3.05) is 5.32 Å². The van der Waals surface area contributed by atoms with Crippen LogP contribution in [0.25, 0.3) is 0 Å². The summed E-state index contributed by atoms with van der Waals surface area (Å²) >= 11 is 0. The summed E-state index contributed by atoms with van der Waals surface area (Å²) in [7, 11) is 0. The van der Waals surface area contributed by atoms with Gasteiger partial charge in [0, 0.05) is 17.1 Å². The number of anilines is 1. The van der Waals surface area contributed by atoms with Gasteiger partial charge in [-0.3, -0.25) is 4.99 Å². The minimum absolute atomic E-state index is 0.613. The zero-order valence-corrected chi connectivity index (χ0v) is 21.8. The van der Waals surface area contributed by atoms with E-state index >= 15 is 0 Å². The number of aliphatic imine (C=N–C) groups is 1. The van der Waals surface area contributed by atoms with Gasteiger partial charge in [-0.2, -0.15) is 0 Å². The van der Waals surface area contributed by atoms with Crippen molar-refractivity contribution >= 4 is 17.1 Å². The van der Waals surface area contributed by atoms with Gasteiger partial charge in [-0.25, -0.2) is 0 Å². The van der Waals surface area contributed by atoms with Gasteiger partial charge in [0.2, 0.25) is 0 Å². The lowest BCUT2D eigenvalue weighted by molar-refractivity contribution is 0.637. The number of hydrogen-bond donors (Lipinski definition) is 1. The molecular formula is C30H44N2. The molecule has 0 bridgehead atoms. The first-order valence-electron chi connectivity index (χ1n) is 12.3. The third-order valence-corrected chi connectivity index (χ3v) is 5.48. The fraction of sp³-hybridized carbons (Fsp3) is 0.500.